The van der Waals surface area contributed by atoms with Crippen LogP contribution in [0, 0.1) is 0 Å². The quantitative estimate of drug-likeness (QED) is 0.780. The average Bonchev–Trinajstić information content (AvgIpc) is 2.91. The first-order valence-corrected chi connectivity index (χ1v) is 6.62. The summed E-state index contributed by atoms with van der Waals surface area (Å²) >= 11 is 0. The highest BCUT2D eigenvalue weighted by atomic mass is 16.5. The summed E-state index contributed by atoms with van der Waals surface area (Å²) in [5.74, 6) is 1.77. The molecule has 0 aliphatic carbocycles. The first kappa shape index (κ1) is 12.8. The second kappa shape index (κ2) is 5.39. The van der Waals surface area contributed by atoms with Gasteiger partial charge in [0.25, 0.3) is 0 Å². The predicted octanol–water partition coefficient (Wildman–Crippen LogP) is 3.83. The Hall–Kier alpha value is -2.26. The van der Waals surface area contributed by atoms with Gasteiger partial charge >= 0.3 is 0 Å². The number of para-hydroxylation sites is 1. The fourth-order valence-electron chi connectivity index (χ4n) is 2.38. The molecule has 0 aliphatic heterocycles. The number of rotatable bonds is 4. The lowest BCUT2D eigenvalue weighted by Gasteiger charge is -2.09. The molecule has 0 atom stereocenters. The van der Waals surface area contributed by atoms with Crippen LogP contribution in [0.1, 0.15) is 5.56 Å². The van der Waals surface area contributed by atoms with Crippen molar-refractivity contribution >= 4 is 11.0 Å². The van der Waals surface area contributed by atoms with E-state index in [-0.39, 0.29) is 0 Å². The average molecular weight is 267 g/mol. The van der Waals surface area contributed by atoms with E-state index in [1.807, 2.05) is 37.4 Å². The lowest BCUT2D eigenvalue weighted by atomic mass is 10.1. The Morgan fingerprint density at radius 1 is 1.10 bits per heavy atom. The molecule has 3 nitrogen and oxygen atoms in total. The molecule has 2 aromatic carbocycles. The zero-order chi connectivity index (χ0) is 13.9. The summed E-state index contributed by atoms with van der Waals surface area (Å²) in [6.07, 6.45) is 0. The van der Waals surface area contributed by atoms with Crippen molar-refractivity contribution in [2.24, 2.45) is 0 Å². The van der Waals surface area contributed by atoms with Gasteiger partial charge < -0.3 is 14.5 Å². The Balaban J connectivity index is 2.06. The molecule has 0 bridgehead atoms. The molecule has 0 saturated heterocycles. The molecule has 0 unspecified atom stereocenters. The van der Waals surface area contributed by atoms with Crippen LogP contribution in [0.15, 0.2) is 52.9 Å². The van der Waals surface area contributed by atoms with Gasteiger partial charge in [0.15, 0.2) is 0 Å². The molecule has 0 amide bonds. The van der Waals surface area contributed by atoms with Gasteiger partial charge in [-0.3, -0.25) is 0 Å². The Labute approximate surface area is 118 Å². The summed E-state index contributed by atoms with van der Waals surface area (Å²) < 4.78 is 11.3. The molecular formula is C17H17NO2. The molecule has 0 saturated carbocycles. The van der Waals surface area contributed by atoms with Crippen LogP contribution < -0.4 is 10.1 Å². The van der Waals surface area contributed by atoms with Crippen molar-refractivity contribution in [3.8, 4) is 17.1 Å². The minimum absolute atomic E-state index is 0.761. The summed E-state index contributed by atoms with van der Waals surface area (Å²) in [6.45, 7) is 0.761. The van der Waals surface area contributed by atoms with Gasteiger partial charge in [0.05, 0.1) is 7.11 Å². The zero-order valence-corrected chi connectivity index (χ0v) is 11.6. The van der Waals surface area contributed by atoms with Crippen LogP contribution in [0.5, 0.6) is 5.75 Å². The molecule has 0 fully saturated rings. The van der Waals surface area contributed by atoms with Gasteiger partial charge in [-0.25, -0.2) is 0 Å². The van der Waals surface area contributed by atoms with Gasteiger partial charge in [0.1, 0.15) is 17.1 Å². The van der Waals surface area contributed by atoms with E-state index in [1.165, 1.54) is 0 Å². The number of furan rings is 1. The van der Waals surface area contributed by atoms with Gasteiger partial charge in [0.2, 0.25) is 0 Å². The van der Waals surface area contributed by atoms with Gasteiger partial charge in [-0.05, 0) is 37.4 Å². The molecule has 3 aromatic rings. The summed E-state index contributed by atoms with van der Waals surface area (Å²) in [6, 6.07) is 16.2. The Morgan fingerprint density at radius 2 is 1.95 bits per heavy atom. The molecule has 1 aromatic heterocycles. The fourth-order valence-corrected chi connectivity index (χ4v) is 2.38. The summed E-state index contributed by atoms with van der Waals surface area (Å²) in [5.41, 5.74) is 3.09. The van der Waals surface area contributed by atoms with E-state index in [4.69, 9.17) is 9.15 Å². The minimum Gasteiger partial charge on any atom is -0.496 e. The molecular weight excluding hydrogens is 250 g/mol. The molecule has 0 aliphatic rings. The van der Waals surface area contributed by atoms with Crippen LogP contribution in [0.25, 0.3) is 22.3 Å². The minimum atomic E-state index is 0.761. The van der Waals surface area contributed by atoms with Gasteiger partial charge in [-0.1, -0.05) is 18.2 Å². The van der Waals surface area contributed by atoms with E-state index in [2.05, 4.69) is 23.5 Å². The topological polar surface area (TPSA) is 34.4 Å². The van der Waals surface area contributed by atoms with Gasteiger partial charge in [-0.2, -0.15) is 0 Å². The number of nitrogens with one attached hydrogen (secondary N) is 1. The summed E-state index contributed by atoms with van der Waals surface area (Å²) in [5, 5.41) is 4.27. The van der Waals surface area contributed by atoms with Crippen LogP contribution in [-0.2, 0) is 6.54 Å². The lowest BCUT2D eigenvalue weighted by molar-refractivity contribution is 0.408. The molecule has 20 heavy (non-hydrogen) atoms. The Morgan fingerprint density at radius 3 is 2.70 bits per heavy atom. The monoisotopic (exact) mass is 267 g/mol. The standard InChI is InChI=1S/C17H17NO2/c1-18-11-14-9-13(7-8-15(14)19-2)17-10-12-5-3-4-6-16(12)20-17/h3-10,18H,11H2,1-2H3. The van der Waals surface area contributed by atoms with Crippen molar-refractivity contribution < 1.29 is 9.15 Å². The third-order valence-corrected chi connectivity index (χ3v) is 3.36. The number of benzene rings is 2. The molecule has 1 heterocycles. The van der Waals surface area contributed by atoms with Crippen LogP contribution in [-0.4, -0.2) is 14.2 Å². The first-order chi connectivity index (χ1) is 9.81. The van der Waals surface area contributed by atoms with Crippen LogP contribution in [0.4, 0.5) is 0 Å². The van der Waals surface area contributed by atoms with E-state index in [1.54, 1.807) is 7.11 Å². The Kier molecular flexibility index (Phi) is 3.44. The van der Waals surface area contributed by atoms with Crippen LogP contribution in [0.3, 0.4) is 0 Å². The van der Waals surface area contributed by atoms with Crippen molar-refractivity contribution in [1.82, 2.24) is 5.32 Å². The van der Waals surface area contributed by atoms with Gasteiger partial charge in [0, 0.05) is 23.1 Å². The van der Waals surface area contributed by atoms with Crippen molar-refractivity contribution in [3.05, 3.63) is 54.1 Å². The number of fused-ring (bicyclic) bond motifs is 1. The third kappa shape index (κ3) is 2.28. The van der Waals surface area contributed by atoms with E-state index < -0.39 is 0 Å². The van der Waals surface area contributed by atoms with Crippen molar-refractivity contribution in [2.45, 2.75) is 6.54 Å². The third-order valence-electron chi connectivity index (χ3n) is 3.36. The van der Waals surface area contributed by atoms with Crippen molar-refractivity contribution in [1.29, 1.82) is 0 Å². The highest BCUT2D eigenvalue weighted by Crippen LogP contribution is 2.30. The maximum absolute atomic E-state index is 5.90. The van der Waals surface area contributed by atoms with E-state index in [0.717, 1.165) is 40.2 Å². The normalized spacial score (nSPS) is 10.9. The molecule has 1 N–H and O–H groups in total. The van der Waals surface area contributed by atoms with Gasteiger partial charge in [-0.15, -0.1) is 0 Å². The van der Waals surface area contributed by atoms with E-state index in [9.17, 15) is 0 Å². The summed E-state index contributed by atoms with van der Waals surface area (Å²) in [7, 11) is 3.61. The second-order valence-electron chi connectivity index (χ2n) is 4.71. The Bertz CT molecular complexity index is 698. The molecule has 0 spiro atoms. The number of ether oxygens (including phenoxy) is 1. The highest BCUT2D eigenvalue weighted by molar-refractivity contribution is 5.82. The smallest absolute Gasteiger partial charge is 0.135 e. The molecule has 3 heteroatoms. The number of hydrogen-bond donors (Lipinski definition) is 1. The second-order valence-corrected chi connectivity index (χ2v) is 4.71. The first-order valence-electron chi connectivity index (χ1n) is 6.62. The highest BCUT2D eigenvalue weighted by Gasteiger charge is 2.09. The molecule has 0 radical (unpaired) electrons. The van der Waals surface area contributed by atoms with Crippen molar-refractivity contribution in [2.75, 3.05) is 14.2 Å². The predicted molar refractivity (Wildman–Crippen MR) is 81.0 cm³/mol. The molecule has 3 rings (SSSR count). The van der Waals surface area contributed by atoms with E-state index in [0.29, 0.717) is 0 Å². The maximum Gasteiger partial charge on any atom is 0.135 e. The number of hydrogen-bond acceptors (Lipinski definition) is 3. The van der Waals surface area contributed by atoms with E-state index >= 15 is 0 Å². The van der Waals surface area contributed by atoms with Crippen LogP contribution >= 0.6 is 0 Å². The SMILES string of the molecule is CNCc1cc(-c2cc3ccccc3o2)ccc1OC. The van der Waals surface area contributed by atoms with Crippen molar-refractivity contribution in [3.63, 3.8) is 0 Å². The largest absolute Gasteiger partial charge is 0.496 e. The fraction of sp³-hybridized carbons (Fsp3) is 0.176. The molecule has 102 valence electrons. The maximum atomic E-state index is 5.90. The summed E-state index contributed by atoms with van der Waals surface area (Å²) in [4.78, 5) is 0. The zero-order valence-electron chi connectivity index (χ0n) is 11.6. The number of methoxy groups -OCH3 is 1. The van der Waals surface area contributed by atoms with Crippen LogP contribution in [0.2, 0.25) is 0 Å². The lowest BCUT2D eigenvalue weighted by Crippen LogP contribution is -2.06.